The third-order valence-electron chi connectivity index (χ3n) is 2.99. The second-order valence-corrected chi connectivity index (χ2v) is 4.82. The topological polar surface area (TPSA) is 45.8 Å². The van der Waals surface area contributed by atoms with E-state index in [1.54, 1.807) is 6.07 Å². The molecule has 0 aliphatic rings. The standard InChI is InChI=1S/C15H11BrN2O/c16-9-10-5-7-11(8-6-10)14-17-13-4-2-1-3-12(13)15(19)18-14/h1-8H,9H2,(H,17,18,19). The van der Waals surface area contributed by atoms with Crippen LogP contribution in [0.4, 0.5) is 0 Å². The highest BCUT2D eigenvalue weighted by Crippen LogP contribution is 2.17. The van der Waals surface area contributed by atoms with Crippen molar-refractivity contribution in [1.82, 2.24) is 9.97 Å². The maximum atomic E-state index is 12.0. The van der Waals surface area contributed by atoms with Crippen molar-refractivity contribution in [2.75, 3.05) is 0 Å². The van der Waals surface area contributed by atoms with Gasteiger partial charge in [0, 0.05) is 10.9 Å². The van der Waals surface area contributed by atoms with Crippen LogP contribution < -0.4 is 5.56 Å². The first-order valence-electron chi connectivity index (χ1n) is 5.92. The van der Waals surface area contributed by atoms with Gasteiger partial charge in [-0.2, -0.15) is 0 Å². The van der Waals surface area contributed by atoms with Gasteiger partial charge in [-0.1, -0.05) is 52.3 Å². The van der Waals surface area contributed by atoms with Crippen molar-refractivity contribution in [3.63, 3.8) is 0 Å². The van der Waals surface area contributed by atoms with Crippen molar-refractivity contribution in [2.24, 2.45) is 0 Å². The highest BCUT2D eigenvalue weighted by Gasteiger charge is 2.05. The molecule has 3 rings (SSSR count). The van der Waals surface area contributed by atoms with Gasteiger partial charge in [-0.25, -0.2) is 4.98 Å². The number of para-hydroxylation sites is 1. The lowest BCUT2D eigenvalue weighted by atomic mass is 10.1. The van der Waals surface area contributed by atoms with E-state index in [0.717, 1.165) is 10.9 Å². The van der Waals surface area contributed by atoms with Gasteiger partial charge in [-0.15, -0.1) is 0 Å². The fourth-order valence-electron chi connectivity index (χ4n) is 1.97. The molecule has 3 nitrogen and oxygen atoms in total. The molecule has 19 heavy (non-hydrogen) atoms. The number of aromatic amines is 1. The second-order valence-electron chi connectivity index (χ2n) is 4.26. The van der Waals surface area contributed by atoms with E-state index in [-0.39, 0.29) is 5.56 Å². The Balaban J connectivity index is 2.16. The van der Waals surface area contributed by atoms with E-state index in [4.69, 9.17) is 0 Å². The van der Waals surface area contributed by atoms with Crippen molar-refractivity contribution in [3.8, 4) is 11.4 Å². The molecule has 0 bridgehead atoms. The van der Waals surface area contributed by atoms with Crippen LogP contribution in [0.3, 0.4) is 0 Å². The largest absolute Gasteiger partial charge is 0.306 e. The summed E-state index contributed by atoms with van der Waals surface area (Å²) in [6, 6.07) is 15.3. The van der Waals surface area contributed by atoms with Crippen LogP contribution >= 0.6 is 15.9 Å². The normalized spacial score (nSPS) is 10.8. The van der Waals surface area contributed by atoms with Crippen LogP contribution in [-0.2, 0) is 5.33 Å². The molecule has 1 aromatic heterocycles. The van der Waals surface area contributed by atoms with Crippen LogP contribution in [0.2, 0.25) is 0 Å². The van der Waals surface area contributed by atoms with Crippen LogP contribution in [0.5, 0.6) is 0 Å². The predicted molar refractivity (Wildman–Crippen MR) is 80.4 cm³/mol. The van der Waals surface area contributed by atoms with E-state index >= 15 is 0 Å². The van der Waals surface area contributed by atoms with Gasteiger partial charge in [0.05, 0.1) is 10.9 Å². The molecule has 0 fully saturated rings. The Morgan fingerprint density at radius 3 is 2.53 bits per heavy atom. The Kier molecular flexibility index (Phi) is 3.17. The average Bonchev–Trinajstić information content (AvgIpc) is 2.47. The first-order chi connectivity index (χ1) is 9.28. The quantitative estimate of drug-likeness (QED) is 0.736. The molecule has 0 aliphatic heterocycles. The van der Waals surface area contributed by atoms with E-state index in [1.807, 2.05) is 42.5 Å². The monoisotopic (exact) mass is 314 g/mol. The number of rotatable bonds is 2. The Labute approximate surface area is 118 Å². The van der Waals surface area contributed by atoms with Gasteiger partial charge in [0.1, 0.15) is 5.82 Å². The minimum Gasteiger partial charge on any atom is -0.306 e. The Hall–Kier alpha value is -1.94. The summed E-state index contributed by atoms with van der Waals surface area (Å²) < 4.78 is 0. The van der Waals surface area contributed by atoms with Gasteiger partial charge in [0.15, 0.2) is 0 Å². The van der Waals surface area contributed by atoms with Crippen molar-refractivity contribution >= 4 is 26.8 Å². The number of hydrogen-bond acceptors (Lipinski definition) is 2. The highest BCUT2D eigenvalue weighted by molar-refractivity contribution is 9.08. The Bertz CT molecular complexity index is 778. The van der Waals surface area contributed by atoms with Gasteiger partial charge < -0.3 is 4.98 Å². The third-order valence-corrected chi connectivity index (χ3v) is 3.64. The molecule has 0 aliphatic carbocycles. The minimum absolute atomic E-state index is 0.106. The van der Waals surface area contributed by atoms with E-state index in [1.165, 1.54) is 5.56 Å². The van der Waals surface area contributed by atoms with Gasteiger partial charge in [0.25, 0.3) is 5.56 Å². The first-order valence-corrected chi connectivity index (χ1v) is 7.04. The van der Waals surface area contributed by atoms with Gasteiger partial charge in [-0.05, 0) is 17.7 Å². The zero-order valence-electron chi connectivity index (χ0n) is 10.1. The number of nitrogens with zero attached hydrogens (tertiary/aromatic N) is 1. The van der Waals surface area contributed by atoms with Crippen molar-refractivity contribution < 1.29 is 0 Å². The summed E-state index contributed by atoms with van der Waals surface area (Å²) in [5.74, 6) is 0.602. The lowest BCUT2D eigenvalue weighted by molar-refractivity contribution is 1.18. The summed E-state index contributed by atoms with van der Waals surface area (Å²) in [6.07, 6.45) is 0. The number of benzene rings is 2. The maximum Gasteiger partial charge on any atom is 0.259 e. The van der Waals surface area contributed by atoms with Gasteiger partial charge in [0.2, 0.25) is 0 Å². The molecule has 0 saturated carbocycles. The van der Waals surface area contributed by atoms with E-state index in [0.29, 0.717) is 16.7 Å². The summed E-state index contributed by atoms with van der Waals surface area (Å²) >= 11 is 3.41. The second kappa shape index (κ2) is 4.97. The Morgan fingerprint density at radius 1 is 1.05 bits per heavy atom. The van der Waals surface area contributed by atoms with E-state index < -0.39 is 0 Å². The fourth-order valence-corrected chi connectivity index (χ4v) is 2.35. The molecular formula is C15H11BrN2O. The molecule has 4 heteroatoms. The summed E-state index contributed by atoms with van der Waals surface area (Å²) in [4.78, 5) is 19.3. The number of hydrogen-bond donors (Lipinski definition) is 1. The lowest BCUT2D eigenvalue weighted by Crippen LogP contribution is -2.09. The maximum absolute atomic E-state index is 12.0. The zero-order chi connectivity index (χ0) is 13.2. The average molecular weight is 315 g/mol. The van der Waals surface area contributed by atoms with Crippen LogP contribution in [0.15, 0.2) is 53.3 Å². The van der Waals surface area contributed by atoms with Gasteiger partial charge >= 0.3 is 0 Å². The molecule has 0 spiro atoms. The number of aromatic nitrogens is 2. The zero-order valence-corrected chi connectivity index (χ0v) is 11.6. The number of fused-ring (bicyclic) bond motifs is 1. The highest BCUT2D eigenvalue weighted by atomic mass is 79.9. The number of halogens is 1. The number of H-pyrrole nitrogens is 1. The number of nitrogens with one attached hydrogen (secondary N) is 1. The molecule has 0 atom stereocenters. The SMILES string of the molecule is O=c1[nH]c(-c2ccc(CBr)cc2)nc2ccccc12. The molecule has 0 radical (unpaired) electrons. The van der Waals surface area contributed by atoms with Crippen molar-refractivity contribution in [1.29, 1.82) is 0 Å². The molecule has 1 N–H and O–H groups in total. The molecule has 2 aromatic carbocycles. The third kappa shape index (κ3) is 2.31. The molecule has 0 saturated heterocycles. The van der Waals surface area contributed by atoms with Crippen LogP contribution in [0.1, 0.15) is 5.56 Å². The van der Waals surface area contributed by atoms with Crippen LogP contribution in [0.25, 0.3) is 22.3 Å². The van der Waals surface area contributed by atoms with Crippen molar-refractivity contribution in [2.45, 2.75) is 5.33 Å². The molecule has 3 aromatic rings. The number of alkyl halides is 1. The van der Waals surface area contributed by atoms with E-state index in [9.17, 15) is 4.79 Å². The van der Waals surface area contributed by atoms with E-state index in [2.05, 4.69) is 25.9 Å². The summed E-state index contributed by atoms with van der Waals surface area (Å²) in [5, 5.41) is 1.43. The molecule has 1 heterocycles. The van der Waals surface area contributed by atoms with Crippen molar-refractivity contribution in [3.05, 3.63) is 64.4 Å². The Morgan fingerprint density at radius 2 is 1.79 bits per heavy atom. The first kappa shape index (κ1) is 12.1. The smallest absolute Gasteiger partial charge is 0.259 e. The minimum atomic E-state index is -0.106. The molecule has 0 unspecified atom stereocenters. The summed E-state index contributed by atoms with van der Waals surface area (Å²) in [5.41, 5.74) is 2.70. The lowest BCUT2D eigenvalue weighted by Gasteiger charge is -2.04. The predicted octanol–water partition coefficient (Wildman–Crippen LogP) is 3.49. The molecule has 0 amide bonds. The molecular weight excluding hydrogens is 304 g/mol. The van der Waals surface area contributed by atoms with Gasteiger partial charge in [-0.3, -0.25) is 4.79 Å². The fraction of sp³-hybridized carbons (Fsp3) is 0.0667. The molecule has 94 valence electrons. The summed E-state index contributed by atoms with van der Waals surface area (Å²) in [6.45, 7) is 0. The van der Waals surface area contributed by atoms with Crippen LogP contribution in [0, 0.1) is 0 Å². The van der Waals surface area contributed by atoms with Crippen LogP contribution in [-0.4, -0.2) is 9.97 Å². The summed E-state index contributed by atoms with van der Waals surface area (Å²) in [7, 11) is 0.